The number of thiazole rings is 1. The molecular formula is C17H21N5O2S. The molecule has 25 heavy (non-hydrogen) atoms. The summed E-state index contributed by atoms with van der Waals surface area (Å²) >= 11 is 1.78. The molecule has 3 aliphatic rings. The summed E-state index contributed by atoms with van der Waals surface area (Å²) in [6, 6.07) is 0.379. The molecule has 0 spiro atoms. The smallest absolute Gasteiger partial charge is 0.292 e. The normalized spacial score (nSPS) is 23.9. The lowest BCUT2D eigenvalue weighted by molar-refractivity contribution is 0.0937. The van der Waals surface area contributed by atoms with Crippen LogP contribution in [0.25, 0.3) is 0 Å². The molecule has 132 valence electrons. The van der Waals surface area contributed by atoms with Crippen LogP contribution in [0.5, 0.6) is 0 Å². The lowest BCUT2D eigenvalue weighted by Gasteiger charge is -2.20. The van der Waals surface area contributed by atoms with Crippen LogP contribution in [0.4, 0.5) is 0 Å². The molecule has 1 amide bonds. The summed E-state index contributed by atoms with van der Waals surface area (Å²) in [5.41, 5.74) is 1.13. The minimum absolute atomic E-state index is 0.0843. The highest BCUT2D eigenvalue weighted by atomic mass is 32.1. The first-order chi connectivity index (χ1) is 12.3. The summed E-state index contributed by atoms with van der Waals surface area (Å²) < 4.78 is 5.41. The zero-order valence-corrected chi connectivity index (χ0v) is 14.8. The monoisotopic (exact) mass is 359 g/mol. The lowest BCUT2D eigenvalue weighted by atomic mass is 10.2. The molecule has 2 saturated carbocycles. The van der Waals surface area contributed by atoms with Crippen molar-refractivity contribution in [2.24, 2.45) is 0 Å². The van der Waals surface area contributed by atoms with E-state index in [2.05, 4.69) is 25.7 Å². The molecule has 1 atom stereocenters. The maximum absolute atomic E-state index is 12.0. The summed E-state index contributed by atoms with van der Waals surface area (Å²) in [4.78, 5) is 23.5. The second-order valence-electron chi connectivity index (χ2n) is 7.28. The van der Waals surface area contributed by atoms with E-state index in [-0.39, 0.29) is 17.8 Å². The molecule has 3 fully saturated rings. The molecule has 0 radical (unpaired) electrons. The zero-order valence-electron chi connectivity index (χ0n) is 14.0. The van der Waals surface area contributed by atoms with Crippen molar-refractivity contribution in [1.29, 1.82) is 0 Å². The fourth-order valence-electron chi connectivity index (χ4n) is 3.36. The number of nitrogens with one attached hydrogen (secondary N) is 1. The summed E-state index contributed by atoms with van der Waals surface area (Å²) in [7, 11) is 0. The first-order valence-electron chi connectivity index (χ1n) is 9.09. The summed E-state index contributed by atoms with van der Waals surface area (Å²) in [6.07, 6.45) is 6.73. The van der Waals surface area contributed by atoms with Crippen LogP contribution in [-0.2, 0) is 6.54 Å². The molecule has 0 aromatic carbocycles. The Morgan fingerprint density at radius 2 is 2.16 bits per heavy atom. The third kappa shape index (κ3) is 3.32. The predicted molar refractivity (Wildman–Crippen MR) is 91.3 cm³/mol. The van der Waals surface area contributed by atoms with Gasteiger partial charge in [0, 0.05) is 23.9 Å². The van der Waals surface area contributed by atoms with E-state index in [0.29, 0.717) is 17.9 Å². The van der Waals surface area contributed by atoms with Crippen LogP contribution in [-0.4, -0.2) is 38.5 Å². The Hall–Kier alpha value is -1.80. The van der Waals surface area contributed by atoms with Crippen molar-refractivity contribution in [3.63, 3.8) is 0 Å². The molecule has 8 heteroatoms. The van der Waals surface area contributed by atoms with Crippen LogP contribution in [0.2, 0.25) is 0 Å². The van der Waals surface area contributed by atoms with Gasteiger partial charge in [-0.2, -0.15) is 4.98 Å². The standard InChI is InChI=1S/C17H21N5O2S/c23-15(18-11-5-6-11)14-20-16(24-21-14)13-2-1-7-22(13)8-12-9-25-17(19-12)10-3-4-10/h9-11,13H,1-8H2,(H,18,23)/t13-/m1/s1. The fraction of sp³-hybridized carbons (Fsp3) is 0.647. The molecular weight excluding hydrogens is 338 g/mol. The minimum Gasteiger partial charge on any atom is -0.346 e. The molecule has 2 aliphatic carbocycles. The molecule has 1 N–H and O–H groups in total. The maximum Gasteiger partial charge on any atom is 0.292 e. The molecule has 5 rings (SSSR count). The average Bonchev–Trinajstić information content (AvgIpc) is 3.46. The number of carbonyl (C=O) groups excluding carboxylic acids is 1. The van der Waals surface area contributed by atoms with E-state index >= 15 is 0 Å². The van der Waals surface area contributed by atoms with Gasteiger partial charge in [-0.3, -0.25) is 9.69 Å². The number of amides is 1. The Balaban J connectivity index is 1.27. The fourth-order valence-corrected chi connectivity index (χ4v) is 4.34. The minimum atomic E-state index is -0.226. The Morgan fingerprint density at radius 3 is 2.96 bits per heavy atom. The van der Waals surface area contributed by atoms with Gasteiger partial charge in [0.25, 0.3) is 11.7 Å². The van der Waals surface area contributed by atoms with Gasteiger partial charge in [-0.25, -0.2) is 4.98 Å². The largest absolute Gasteiger partial charge is 0.346 e. The van der Waals surface area contributed by atoms with Gasteiger partial charge in [0.2, 0.25) is 5.89 Å². The van der Waals surface area contributed by atoms with Crippen molar-refractivity contribution >= 4 is 17.2 Å². The van der Waals surface area contributed by atoms with E-state index in [1.54, 1.807) is 11.3 Å². The van der Waals surface area contributed by atoms with Crippen LogP contribution in [0.1, 0.15) is 77.7 Å². The number of carbonyl (C=O) groups is 1. The third-order valence-electron chi connectivity index (χ3n) is 5.07. The van der Waals surface area contributed by atoms with E-state index in [1.165, 1.54) is 17.8 Å². The number of nitrogens with zero attached hydrogens (tertiary/aromatic N) is 4. The highest BCUT2D eigenvalue weighted by Crippen LogP contribution is 2.41. The van der Waals surface area contributed by atoms with Gasteiger partial charge in [0.05, 0.1) is 16.7 Å². The Bertz CT molecular complexity index is 780. The topological polar surface area (TPSA) is 84.2 Å². The average molecular weight is 359 g/mol. The van der Waals surface area contributed by atoms with Crippen LogP contribution in [0.15, 0.2) is 9.90 Å². The third-order valence-corrected chi connectivity index (χ3v) is 6.12. The van der Waals surface area contributed by atoms with Crippen LogP contribution < -0.4 is 5.32 Å². The van der Waals surface area contributed by atoms with Crippen molar-refractivity contribution in [2.45, 2.75) is 63.1 Å². The van der Waals surface area contributed by atoms with E-state index in [0.717, 1.165) is 44.5 Å². The number of rotatable bonds is 6. The quantitative estimate of drug-likeness (QED) is 0.853. The highest BCUT2D eigenvalue weighted by molar-refractivity contribution is 7.09. The van der Waals surface area contributed by atoms with Crippen molar-refractivity contribution < 1.29 is 9.32 Å². The zero-order chi connectivity index (χ0) is 16.8. The molecule has 1 saturated heterocycles. The molecule has 7 nitrogen and oxygen atoms in total. The number of aromatic nitrogens is 3. The van der Waals surface area contributed by atoms with Gasteiger partial charge in [-0.1, -0.05) is 5.16 Å². The van der Waals surface area contributed by atoms with E-state index in [9.17, 15) is 4.79 Å². The first-order valence-corrected chi connectivity index (χ1v) is 9.97. The summed E-state index contributed by atoms with van der Waals surface area (Å²) in [6.45, 7) is 1.80. The maximum atomic E-state index is 12.0. The molecule has 0 bridgehead atoms. The van der Waals surface area contributed by atoms with Gasteiger partial charge >= 0.3 is 0 Å². The SMILES string of the molecule is O=C(NC1CC1)c1noc([C@H]2CCCN2Cc2csc(C3CC3)n2)n1. The lowest BCUT2D eigenvalue weighted by Crippen LogP contribution is -2.27. The molecule has 1 aliphatic heterocycles. The second-order valence-corrected chi connectivity index (χ2v) is 8.17. The highest BCUT2D eigenvalue weighted by Gasteiger charge is 2.33. The van der Waals surface area contributed by atoms with Gasteiger partial charge < -0.3 is 9.84 Å². The number of hydrogen-bond acceptors (Lipinski definition) is 7. The summed E-state index contributed by atoms with van der Waals surface area (Å²) in [5, 5.41) is 10.2. The van der Waals surface area contributed by atoms with Gasteiger partial charge in [0.15, 0.2) is 0 Å². The molecule has 0 unspecified atom stereocenters. The second kappa shape index (κ2) is 6.17. The van der Waals surface area contributed by atoms with Gasteiger partial charge in [0.1, 0.15) is 0 Å². The van der Waals surface area contributed by atoms with Gasteiger partial charge in [-0.15, -0.1) is 11.3 Å². The van der Waals surface area contributed by atoms with Crippen molar-refractivity contribution in [1.82, 2.24) is 25.3 Å². The molecule has 3 heterocycles. The van der Waals surface area contributed by atoms with E-state index < -0.39 is 0 Å². The number of likely N-dealkylation sites (tertiary alicyclic amines) is 1. The first kappa shape index (κ1) is 15.5. The summed E-state index contributed by atoms with van der Waals surface area (Å²) in [5.74, 6) is 1.18. The number of hydrogen-bond donors (Lipinski definition) is 1. The van der Waals surface area contributed by atoms with E-state index in [1.807, 2.05) is 0 Å². The van der Waals surface area contributed by atoms with Crippen LogP contribution in [0, 0.1) is 0 Å². The molecule has 2 aromatic heterocycles. The Morgan fingerprint density at radius 1 is 1.28 bits per heavy atom. The van der Waals surface area contributed by atoms with Crippen LogP contribution >= 0.6 is 11.3 Å². The Labute approximate surface area is 149 Å². The predicted octanol–water partition coefficient (Wildman–Crippen LogP) is 2.63. The molecule has 2 aromatic rings. The Kier molecular flexibility index (Phi) is 3.82. The van der Waals surface area contributed by atoms with Crippen molar-refractivity contribution in [3.05, 3.63) is 27.8 Å². The van der Waals surface area contributed by atoms with Crippen LogP contribution in [0.3, 0.4) is 0 Å². The van der Waals surface area contributed by atoms with Crippen molar-refractivity contribution in [3.8, 4) is 0 Å². The van der Waals surface area contributed by atoms with Crippen molar-refractivity contribution in [2.75, 3.05) is 6.54 Å². The van der Waals surface area contributed by atoms with E-state index in [4.69, 9.17) is 9.51 Å². The van der Waals surface area contributed by atoms with Gasteiger partial charge in [-0.05, 0) is 45.1 Å².